The molecule has 1 fully saturated rings. The molecule has 0 unspecified atom stereocenters. The van der Waals surface area contributed by atoms with Gasteiger partial charge in [0.1, 0.15) is 6.04 Å². The van der Waals surface area contributed by atoms with E-state index in [1.165, 1.54) is 0 Å². The predicted molar refractivity (Wildman–Crippen MR) is 127 cm³/mol. The number of nitrogens with zero attached hydrogens (tertiary/aromatic N) is 4. The van der Waals surface area contributed by atoms with Gasteiger partial charge < -0.3 is 14.8 Å². The van der Waals surface area contributed by atoms with E-state index in [1.54, 1.807) is 0 Å². The minimum atomic E-state index is -0.0956. The summed E-state index contributed by atoms with van der Waals surface area (Å²) in [6.45, 7) is 0.676. The lowest BCUT2D eigenvalue weighted by Gasteiger charge is -2.29. The summed E-state index contributed by atoms with van der Waals surface area (Å²) in [5.74, 6) is 0. The van der Waals surface area contributed by atoms with Gasteiger partial charge in [0.25, 0.3) is 0 Å². The second kappa shape index (κ2) is 8.49. The van der Waals surface area contributed by atoms with Crippen LogP contribution in [-0.4, -0.2) is 19.6 Å². The number of hydrogen-bond acceptors (Lipinski definition) is 3. The summed E-state index contributed by atoms with van der Waals surface area (Å²) < 4.78 is 2.22. The molecule has 1 aliphatic heterocycles. The van der Waals surface area contributed by atoms with Crippen LogP contribution < -0.4 is 10.2 Å². The zero-order valence-corrected chi connectivity index (χ0v) is 18.2. The SMILES string of the molecule is S=C1N[C@H](c2ccccn2)[C@@H](c2cccn2Cc2ccccn2)N1c1ccc(Cl)cc1. The fraction of sp³-hybridized carbons (Fsp3) is 0.125. The molecule has 0 aliphatic carbocycles. The maximum Gasteiger partial charge on any atom is 0.174 e. The van der Waals surface area contributed by atoms with Crippen LogP contribution in [0.5, 0.6) is 0 Å². The third-order valence-corrected chi connectivity index (χ3v) is 6.00. The number of halogens is 1. The van der Waals surface area contributed by atoms with Crippen molar-refractivity contribution in [3.8, 4) is 0 Å². The van der Waals surface area contributed by atoms with Gasteiger partial charge in [-0.1, -0.05) is 23.7 Å². The quantitative estimate of drug-likeness (QED) is 0.430. The Balaban J connectivity index is 1.60. The van der Waals surface area contributed by atoms with Gasteiger partial charge in [-0.05, 0) is 72.9 Å². The van der Waals surface area contributed by atoms with E-state index in [4.69, 9.17) is 23.8 Å². The highest BCUT2D eigenvalue weighted by molar-refractivity contribution is 7.80. The first-order chi connectivity index (χ1) is 15.2. The molecular formula is C24H20ClN5S. The van der Waals surface area contributed by atoms with Crippen LogP contribution >= 0.6 is 23.8 Å². The van der Waals surface area contributed by atoms with Gasteiger partial charge in [-0.25, -0.2) is 0 Å². The molecule has 1 aromatic carbocycles. The van der Waals surface area contributed by atoms with Gasteiger partial charge in [-0.3, -0.25) is 9.97 Å². The van der Waals surface area contributed by atoms with Gasteiger partial charge in [-0.15, -0.1) is 0 Å². The molecule has 7 heteroatoms. The number of hydrogen-bond donors (Lipinski definition) is 1. The molecule has 154 valence electrons. The third-order valence-electron chi connectivity index (χ3n) is 5.43. The van der Waals surface area contributed by atoms with Gasteiger partial charge in [0.05, 0.1) is 24.0 Å². The van der Waals surface area contributed by atoms with Gasteiger partial charge in [0.2, 0.25) is 0 Å². The summed E-state index contributed by atoms with van der Waals surface area (Å²) >= 11 is 11.9. The van der Waals surface area contributed by atoms with Crippen molar-refractivity contribution in [2.24, 2.45) is 0 Å². The fourth-order valence-corrected chi connectivity index (χ4v) is 4.51. The Morgan fingerprint density at radius 3 is 2.39 bits per heavy atom. The zero-order chi connectivity index (χ0) is 21.2. The molecule has 3 aromatic heterocycles. The Hall–Kier alpha value is -3.22. The van der Waals surface area contributed by atoms with Crippen molar-refractivity contribution in [1.82, 2.24) is 19.9 Å². The molecule has 0 spiro atoms. The molecule has 4 aromatic rings. The van der Waals surface area contributed by atoms with E-state index in [2.05, 4.69) is 43.1 Å². The van der Waals surface area contributed by atoms with E-state index >= 15 is 0 Å². The maximum absolute atomic E-state index is 6.14. The number of pyridine rings is 2. The van der Waals surface area contributed by atoms with Gasteiger partial charge >= 0.3 is 0 Å². The number of benzene rings is 1. The van der Waals surface area contributed by atoms with Crippen molar-refractivity contribution in [1.29, 1.82) is 0 Å². The van der Waals surface area contributed by atoms with Crippen molar-refractivity contribution in [2.75, 3.05) is 4.90 Å². The lowest BCUT2D eigenvalue weighted by molar-refractivity contribution is 0.532. The van der Waals surface area contributed by atoms with Crippen LogP contribution in [0.3, 0.4) is 0 Å². The molecule has 1 aliphatic rings. The molecule has 5 rings (SSSR count). The van der Waals surface area contributed by atoms with Crippen LogP contribution in [0.2, 0.25) is 5.02 Å². The summed E-state index contributed by atoms with van der Waals surface area (Å²) in [6.07, 6.45) is 5.72. The van der Waals surface area contributed by atoms with E-state index < -0.39 is 0 Å². The van der Waals surface area contributed by atoms with Crippen LogP contribution in [0.25, 0.3) is 0 Å². The highest BCUT2D eigenvalue weighted by Crippen LogP contribution is 2.41. The number of anilines is 1. The monoisotopic (exact) mass is 445 g/mol. The zero-order valence-electron chi connectivity index (χ0n) is 16.6. The van der Waals surface area contributed by atoms with Crippen LogP contribution in [0.4, 0.5) is 5.69 Å². The van der Waals surface area contributed by atoms with Crippen molar-refractivity contribution in [3.05, 3.63) is 113 Å². The number of nitrogens with one attached hydrogen (secondary N) is 1. The largest absolute Gasteiger partial charge is 0.351 e. The van der Waals surface area contributed by atoms with Gasteiger partial charge in [0, 0.05) is 35.0 Å². The molecule has 5 nitrogen and oxygen atoms in total. The highest BCUT2D eigenvalue weighted by Gasteiger charge is 2.42. The van der Waals surface area contributed by atoms with E-state index in [9.17, 15) is 0 Å². The number of aromatic nitrogens is 3. The maximum atomic E-state index is 6.14. The fourth-order valence-electron chi connectivity index (χ4n) is 4.04. The summed E-state index contributed by atoms with van der Waals surface area (Å²) in [4.78, 5) is 11.3. The first-order valence-electron chi connectivity index (χ1n) is 10.0. The van der Waals surface area contributed by atoms with E-state index in [0.29, 0.717) is 16.7 Å². The van der Waals surface area contributed by atoms with Crippen molar-refractivity contribution < 1.29 is 0 Å². The molecule has 1 N–H and O–H groups in total. The molecule has 0 radical (unpaired) electrons. The Bertz CT molecular complexity index is 1180. The first-order valence-corrected chi connectivity index (χ1v) is 10.8. The molecule has 4 heterocycles. The second-order valence-electron chi connectivity index (χ2n) is 7.36. The molecular weight excluding hydrogens is 426 g/mol. The Morgan fingerprint density at radius 1 is 0.903 bits per heavy atom. The van der Waals surface area contributed by atoms with Gasteiger partial charge in [-0.2, -0.15) is 0 Å². The Kier molecular flexibility index (Phi) is 5.40. The Labute approximate surface area is 191 Å². The van der Waals surface area contributed by atoms with Gasteiger partial charge in [0.15, 0.2) is 5.11 Å². The lowest BCUT2D eigenvalue weighted by atomic mass is 10.0. The van der Waals surface area contributed by atoms with Crippen molar-refractivity contribution in [3.63, 3.8) is 0 Å². The predicted octanol–water partition coefficient (Wildman–Crippen LogP) is 5.16. The van der Waals surface area contributed by atoms with E-state index in [1.807, 2.05) is 73.1 Å². The smallest absolute Gasteiger partial charge is 0.174 e. The normalized spacial score (nSPS) is 18.2. The molecule has 0 bridgehead atoms. The van der Waals surface area contributed by atoms with Crippen LogP contribution in [0.1, 0.15) is 29.2 Å². The average Bonchev–Trinajstić information content (AvgIpc) is 3.39. The first kappa shape index (κ1) is 19.7. The number of thiocarbonyl (C=S) groups is 1. The second-order valence-corrected chi connectivity index (χ2v) is 8.18. The Morgan fingerprint density at radius 2 is 1.68 bits per heavy atom. The molecule has 0 saturated carbocycles. The third kappa shape index (κ3) is 3.92. The average molecular weight is 446 g/mol. The summed E-state index contributed by atoms with van der Waals surface area (Å²) in [5, 5.41) is 4.85. The van der Waals surface area contributed by atoms with Crippen molar-refractivity contribution >= 4 is 34.6 Å². The number of rotatable bonds is 5. The van der Waals surface area contributed by atoms with Crippen LogP contribution in [-0.2, 0) is 6.54 Å². The summed E-state index contributed by atoms with van der Waals surface area (Å²) in [6, 6.07) is 23.7. The lowest BCUT2D eigenvalue weighted by Crippen LogP contribution is -2.30. The topological polar surface area (TPSA) is 46.0 Å². The van der Waals surface area contributed by atoms with Crippen LogP contribution in [0, 0.1) is 0 Å². The van der Waals surface area contributed by atoms with E-state index in [-0.39, 0.29) is 12.1 Å². The summed E-state index contributed by atoms with van der Waals surface area (Å²) in [5.41, 5.74) is 4.05. The summed E-state index contributed by atoms with van der Waals surface area (Å²) in [7, 11) is 0. The highest BCUT2D eigenvalue weighted by atomic mass is 35.5. The molecule has 31 heavy (non-hydrogen) atoms. The standard InChI is InChI=1S/C24H20ClN5S/c25-17-9-11-19(12-10-17)30-23(22(28-24(30)31)20-7-2-4-14-27-20)21-8-5-15-29(21)16-18-6-1-3-13-26-18/h1-15,22-23H,16H2,(H,28,31)/t22-,23-/m1/s1. The minimum Gasteiger partial charge on any atom is -0.351 e. The molecule has 1 saturated heterocycles. The molecule has 2 atom stereocenters. The molecule has 0 amide bonds. The van der Waals surface area contributed by atoms with Crippen molar-refractivity contribution in [2.45, 2.75) is 18.6 Å². The minimum absolute atomic E-state index is 0.0812. The van der Waals surface area contributed by atoms with E-state index in [0.717, 1.165) is 22.8 Å². The van der Waals surface area contributed by atoms with Crippen LogP contribution in [0.15, 0.2) is 91.4 Å².